The van der Waals surface area contributed by atoms with Gasteiger partial charge in [-0.05, 0) is 44.9 Å². The molecule has 3 atom stereocenters. The van der Waals surface area contributed by atoms with E-state index in [4.69, 9.17) is 4.74 Å². The molecule has 338 valence electrons. The first-order chi connectivity index (χ1) is 28.5. The van der Waals surface area contributed by atoms with Crippen LogP contribution in [0.1, 0.15) is 245 Å². The second kappa shape index (κ2) is 45.9. The summed E-state index contributed by atoms with van der Waals surface area (Å²) in [6, 6.07) is -0.706. The van der Waals surface area contributed by atoms with E-state index in [-0.39, 0.29) is 24.9 Å². The van der Waals surface area contributed by atoms with E-state index in [2.05, 4.69) is 50.4 Å². The van der Waals surface area contributed by atoms with Crippen molar-refractivity contribution in [2.45, 2.75) is 264 Å². The second-order valence-electron chi connectivity index (χ2n) is 16.9. The van der Waals surface area contributed by atoms with Gasteiger partial charge in [0.1, 0.15) is 6.10 Å². The van der Waals surface area contributed by atoms with Gasteiger partial charge in [-0.3, -0.25) is 9.59 Å². The number of allylic oxidation sites excluding steroid dienone is 8. The summed E-state index contributed by atoms with van der Waals surface area (Å²) in [6.07, 6.45) is 54.6. The molecule has 6 nitrogen and oxygen atoms in total. The molecule has 0 aliphatic heterocycles. The van der Waals surface area contributed by atoms with Gasteiger partial charge in [0, 0.05) is 6.42 Å². The third-order valence-electron chi connectivity index (χ3n) is 11.3. The molecule has 0 aliphatic carbocycles. The van der Waals surface area contributed by atoms with Crippen LogP contribution in [0, 0.1) is 0 Å². The highest BCUT2D eigenvalue weighted by Crippen LogP contribution is 2.18. The fraction of sp³-hybridized carbons (Fsp3) is 0.808. The highest BCUT2D eigenvalue weighted by atomic mass is 16.5. The zero-order chi connectivity index (χ0) is 42.4. The van der Waals surface area contributed by atoms with Crippen LogP contribution in [0.2, 0.25) is 0 Å². The summed E-state index contributed by atoms with van der Waals surface area (Å²) in [6.45, 7) is 6.32. The van der Waals surface area contributed by atoms with Crippen LogP contribution >= 0.6 is 0 Å². The number of unbranched alkanes of at least 4 members (excludes halogenated alkanes) is 27. The van der Waals surface area contributed by atoms with E-state index in [1.165, 1.54) is 135 Å². The fourth-order valence-electron chi connectivity index (χ4n) is 7.50. The van der Waals surface area contributed by atoms with Crippen LogP contribution in [0.25, 0.3) is 0 Å². The van der Waals surface area contributed by atoms with Crippen LogP contribution in [0.4, 0.5) is 0 Å². The first-order valence-electron chi connectivity index (χ1n) is 24.9. The second-order valence-corrected chi connectivity index (χ2v) is 16.9. The van der Waals surface area contributed by atoms with Gasteiger partial charge in [0.25, 0.3) is 0 Å². The summed E-state index contributed by atoms with van der Waals surface area (Å²) in [7, 11) is 0. The van der Waals surface area contributed by atoms with Crippen LogP contribution in [-0.4, -0.2) is 46.9 Å². The van der Waals surface area contributed by atoms with E-state index in [9.17, 15) is 19.8 Å². The molecule has 0 saturated heterocycles. The zero-order valence-electron chi connectivity index (χ0n) is 38.4. The molecule has 0 spiro atoms. The Labute approximate surface area is 359 Å². The molecule has 0 aromatic heterocycles. The monoisotopic (exact) mass is 814 g/mol. The van der Waals surface area contributed by atoms with E-state index in [1.807, 2.05) is 24.3 Å². The molecule has 0 rings (SSSR count). The number of aliphatic hydroxyl groups is 2. The number of aliphatic hydroxyl groups excluding tert-OH is 2. The van der Waals surface area contributed by atoms with E-state index in [0.717, 1.165) is 64.2 Å². The van der Waals surface area contributed by atoms with E-state index >= 15 is 0 Å². The Kier molecular flexibility index (Phi) is 44.2. The van der Waals surface area contributed by atoms with Crippen molar-refractivity contribution in [2.24, 2.45) is 0 Å². The van der Waals surface area contributed by atoms with Crippen LogP contribution in [-0.2, 0) is 14.3 Å². The molecule has 58 heavy (non-hydrogen) atoms. The van der Waals surface area contributed by atoms with Gasteiger partial charge in [0.15, 0.2) is 0 Å². The average Bonchev–Trinajstić information content (AvgIpc) is 3.22. The maximum Gasteiger partial charge on any atom is 0.306 e. The summed E-state index contributed by atoms with van der Waals surface area (Å²) in [4.78, 5) is 26.1. The Bertz CT molecular complexity index is 1000. The Hall–Kier alpha value is -2.18. The van der Waals surface area contributed by atoms with Crippen LogP contribution < -0.4 is 5.32 Å². The Morgan fingerprint density at radius 3 is 1.40 bits per heavy atom. The molecule has 6 heteroatoms. The van der Waals surface area contributed by atoms with Crippen LogP contribution in [0.15, 0.2) is 48.6 Å². The molecule has 3 N–H and O–H groups in total. The molecule has 0 aromatic carbocycles. The minimum absolute atomic E-state index is 0.0637. The topological polar surface area (TPSA) is 95.9 Å². The zero-order valence-corrected chi connectivity index (χ0v) is 38.4. The Morgan fingerprint density at radius 2 is 0.931 bits per heavy atom. The lowest BCUT2D eigenvalue weighted by Crippen LogP contribution is -2.46. The molecular weight excluding hydrogens is 719 g/mol. The van der Waals surface area contributed by atoms with E-state index in [0.29, 0.717) is 19.3 Å². The van der Waals surface area contributed by atoms with Gasteiger partial charge >= 0.3 is 5.97 Å². The van der Waals surface area contributed by atoms with Crippen molar-refractivity contribution in [2.75, 3.05) is 6.61 Å². The van der Waals surface area contributed by atoms with Crippen molar-refractivity contribution in [3.63, 3.8) is 0 Å². The van der Waals surface area contributed by atoms with Crippen molar-refractivity contribution >= 4 is 11.9 Å². The summed E-state index contributed by atoms with van der Waals surface area (Å²) >= 11 is 0. The van der Waals surface area contributed by atoms with Gasteiger partial charge in [-0.1, -0.05) is 236 Å². The molecule has 0 bridgehead atoms. The molecule has 0 fully saturated rings. The predicted molar refractivity (Wildman–Crippen MR) is 250 cm³/mol. The smallest absolute Gasteiger partial charge is 0.306 e. The summed E-state index contributed by atoms with van der Waals surface area (Å²) in [5, 5.41) is 23.6. The number of carbonyl (C=O) groups excluding carboxylic acids is 2. The number of hydrogen-bond donors (Lipinski definition) is 3. The number of rotatable bonds is 44. The van der Waals surface area contributed by atoms with Crippen molar-refractivity contribution in [3.8, 4) is 0 Å². The summed E-state index contributed by atoms with van der Waals surface area (Å²) in [5.41, 5.74) is 0. The SMILES string of the molecule is CC/C=C/C=C/C=C\C=C/CCCCCC(=O)OC(CCCCCCCCCCCCCCCCCCC)CC(=O)NC(CO)C(O)CCCCCCCCCCC. The molecule has 0 saturated carbocycles. The minimum atomic E-state index is -0.791. The minimum Gasteiger partial charge on any atom is -0.462 e. The molecule has 0 aromatic rings. The number of hydrogen-bond acceptors (Lipinski definition) is 5. The first kappa shape index (κ1) is 55.8. The van der Waals surface area contributed by atoms with Crippen LogP contribution in [0.5, 0.6) is 0 Å². The molecule has 3 unspecified atom stereocenters. The number of nitrogens with one attached hydrogen (secondary N) is 1. The van der Waals surface area contributed by atoms with Crippen LogP contribution in [0.3, 0.4) is 0 Å². The predicted octanol–water partition coefficient (Wildman–Crippen LogP) is 14.7. The van der Waals surface area contributed by atoms with E-state index < -0.39 is 18.2 Å². The van der Waals surface area contributed by atoms with Crippen molar-refractivity contribution < 1.29 is 24.5 Å². The molecular formula is C52H95NO5. The average molecular weight is 814 g/mol. The molecule has 0 aliphatic rings. The summed E-state index contributed by atoms with van der Waals surface area (Å²) in [5.74, 6) is -0.514. The number of esters is 1. The highest BCUT2D eigenvalue weighted by Gasteiger charge is 2.24. The summed E-state index contributed by atoms with van der Waals surface area (Å²) < 4.78 is 5.91. The maximum atomic E-state index is 13.2. The lowest BCUT2D eigenvalue weighted by molar-refractivity contribution is -0.151. The van der Waals surface area contributed by atoms with Gasteiger partial charge < -0.3 is 20.3 Å². The largest absolute Gasteiger partial charge is 0.462 e. The Balaban J connectivity index is 4.61. The van der Waals surface area contributed by atoms with Gasteiger partial charge in [-0.2, -0.15) is 0 Å². The normalized spacial score (nSPS) is 13.7. The van der Waals surface area contributed by atoms with Crippen molar-refractivity contribution in [1.29, 1.82) is 0 Å². The third-order valence-corrected chi connectivity index (χ3v) is 11.3. The first-order valence-corrected chi connectivity index (χ1v) is 24.9. The van der Waals surface area contributed by atoms with Gasteiger partial charge in [-0.25, -0.2) is 0 Å². The number of carbonyl (C=O) groups is 2. The lowest BCUT2D eigenvalue weighted by atomic mass is 10.0. The highest BCUT2D eigenvalue weighted by molar-refractivity contribution is 5.77. The molecule has 0 radical (unpaired) electrons. The van der Waals surface area contributed by atoms with Crippen molar-refractivity contribution in [1.82, 2.24) is 5.32 Å². The number of ether oxygens (including phenoxy) is 1. The van der Waals surface area contributed by atoms with Gasteiger partial charge in [0.2, 0.25) is 5.91 Å². The molecule has 1 amide bonds. The van der Waals surface area contributed by atoms with Crippen molar-refractivity contribution in [3.05, 3.63) is 48.6 Å². The molecule has 0 heterocycles. The third kappa shape index (κ3) is 40.6. The standard InChI is InChI=1S/C52H95NO5/c1-4-7-10-13-16-19-21-23-24-25-26-28-29-32-34-37-40-43-48(58-52(57)45-42-39-36-33-30-27-22-20-17-14-11-8-5-2)46-51(56)53-49(47-54)50(55)44-41-38-35-31-18-15-12-9-6-3/h8,11,14,17,20,22,27,30,48-50,54-55H,4-7,9-10,12-13,15-16,18-19,21,23-26,28-29,31-47H2,1-3H3,(H,53,56)/b11-8+,17-14+,22-20-,30-27-. The maximum absolute atomic E-state index is 13.2. The van der Waals surface area contributed by atoms with Gasteiger partial charge in [0.05, 0.1) is 25.2 Å². The lowest BCUT2D eigenvalue weighted by Gasteiger charge is -2.24. The van der Waals surface area contributed by atoms with Gasteiger partial charge in [-0.15, -0.1) is 0 Å². The van der Waals surface area contributed by atoms with E-state index in [1.54, 1.807) is 0 Å². The fourth-order valence-corrected chi connectivity index (χ4v) is 7.50. The number of amides is 1. The Morgan fingerprint density at radius 1 is 0.517 bits per heavy atom. The quantitative estimate of drug-likeness (QED) is 0.0323.